The van der Waals surface area contributed by atoms with Crippen LogP contribution in [0.3, 0.4) is 0 Å². The molecule has 0 amide bonds. The van der Waals surface area contributed by atoms with Crippen molar-refractivity contribution in [2.45, 2.75) is 25.1 Å². The molecule has 0 aromatic heterocycles. The molecule has 0 fully saturated rings. The maximum absolute atomic E-state index is 12.7. The summed E-state index contributed by atoms with van der Waals surface area (Å²) in [6.45, 7) is 0. The lowest BCUT2D eigenvalue weighted by molar-refractivity contribution is -0.137. The van der Waals surface area contributed by atoms with Crippen LogP contribution in [-0.4, -0.2) is 5.11 Å². The number of hydrogen-bond acceptors (Lipinski definition) is 2. The van der Waals surface area contributed by atoms with E-state index in [2.05, 4.69) is 0 Å². The molecule has 0 radical (unpaired) electrons. The summed E-state index contributed by atoms with van der Waals surface area (Å²) in [6, 6.07) is 12.5. The van der Waals surface area contributed by atoms with E-state index in [1.165, 1.54) is 6.07 Å². The predicted molar refractivity (Wildman–Crippen MR) is 75.6 cm³/mol. The van der Waals surface area contributed by atoms with Crippen molar-refractivity contribution >= 4 is 5.69 Å². The molecule has 0 aliphatic heterocycles. The van der Waals surface area contributed by atoms with Crippen LogP contribution in [0, 0.1) is 0 Å². The Hall–Kier alpha value is -2.01. The Morgan fingerprint density at radius 2 is 1.71 bits per heavy atom. The average molecular weight is 295 g/mol. The number of alkyl halides is 3. The number of aliphatic hydroxyl groups excluding tert-OH is 1. The summed E-state index contributed by atoms with van der Waals surface area (Å²) in [4.78, 5) is 0. The van der Waals surface area contributed by atoms with Crippen molar-refractivity contribution in [2.24, 2.45) is 0 Å². The number of hydrogen-bond donors (Lipinski definition) is 2. The summed E-state index contributed by atoms with van der Waals surface area (Å²) >= 11 is 0. The first kappa shape index (κ1) is 15.4. The van der Waals surface area contributed by atoms with E-state index in [1.54, 1.807) is 0 Å². The van der Waals surface area contributed by atoms with Gasteiger partial charge in [0.1, 0.15) is 0 Å². The molecule has 5 heteroatoms. The molecule has 1 unspecified atom stereocenters. The Kier molecular flexibility index (Phi) is 4.53. The third-order valence-electron chi connectivity index (χ3n) is 3.32. The van der Waals surface area contributed by atoms with E-state index in [-0.39, 0.29) is 11.3 Å². The van der Waals surface area contributed by atoms with Gasteiger partial charge in [-0.15, -0.1) is 0 Å². The zero-order valence-electron chi connectivity index (χ0n) is 11.3. The SMILES string of the molecule is Nc1ccc(C(F)(F)F)cc1C(O)CCc1ccccc1. The summed E-state index contributed by atoms with van der Waals surface area (Å²) in [6.07, 6.45) is -4.58. The zero-order valence-corrected chi connectivity index (χ0v) is 11.3. The van der Waals surface area contributed by atoms with Crippen LogP contribution in [0.25, 0.3) is 0 Å². The molecule has 21 heavy (non-hydrogen) atoms. The van der Waals surface area contributed by atoms with Crippen LogP contribution < -0.4 is 5.73 Å². The number of aliphatic hydroxyl groups is 1. The van der Waals surface area contributed by atoms with Gasteiger partial charge in [0.15, 0.2) is 0 Å². The monoisotopic (exact) mass is 295 g/mol. The van der Waals surface area contributed by atoms with Crippen molar-refractivity contribution in [3.05, 3.63) is 65.2 Å². The van der Waals surface area contributed by atoms with Gasteiger partial charge in [-0.2, -0.15) is 13.2 Å². The minimum absolute atomic E-state index is 0.126. The minimum Gasteiger partial charge on any atom is -0.398 e. The van der Waals surface area contributed by atoms with Crippen molar-refractivity contribution in [3.8, 4) is 0 Å². The number of nitrogen functional groups attached to an aromatic ring is 1. The molecule has 0 aliphatic rings. The number of nitrogens with two attached hydrogens (primary N) is 1. The first-order valence-electron chi connectivity index (χ1n) is 6.56. The van der Waals surface area contributed by atoms with Gasteiger partial charge in [0.05, 0.1) is 11.7 Å². The summed E-state index contributed by atoms with van der Waals surface area (Å²) in [7, 11) is 0. The van der Waals surface area contributed by atoms with Crippen LogP contribution in [0.4, 0.5) is 18.9 Å². The summed E-state index contributed by atoms with van der Waals surface area (Å²) in [5.41, 5.74) is 6.19. The number of halogens is 3. The van der Waals surface area contributed by atoms with Crippen LogP contribution in [-0.2, 0) is 12.6 Å². The lowest BCUT2D eigenvalue weighted by atomic mass is 9.98. The van der Waals surface area contributed by atoms with Gasteiger partial charge >= 0.3 is 6.18 Å². The Morgan fingerprint density at radius 3 is 2.33 bits per heavy atom. The lowest BCUT2D eigenvalue weighted by Gasteiger charge is -2.16. The maximum Gasteiger partial charge on any atom is 0.416 e. The zero-order chi connectivity index (χ0) is 15.5. The Morgan fingerprint density at radius 1 is 1.05 bits per heavy atom. The summed E-state index contributed by atoms with van der Waals surface area (Å²) < 4.78 is 38.1. The van der Waals surface area contributed by atoms with Crippen molar-refractivity contribution in [1.82, 2.24) is 0 Å². The second kappa shape index (κ2) is 6.18. The van der Waals surface area contributed by atoms with Crippen molar-refractivity contribution in [3.63, 3.8) is 0 Å². The smallest absolute Gasteiger partial charge is 0.398 e. The highest BCUT2D eigenvalue weighted by molar-refractivity contribution is 5.50. The fraction of sp³-hybridized carbons (Fsp3) is 0.250. The van der Waals surface area contributed by atoms with Crippen molar-refractivity contribution in [1.29, 1.82) is 0 Å². The molecule has 1 atom stereocenters. The van der Waals surface area contributed by atoms with E-state index >= 15 is 0 Å². The molecule has 0 saturated carbocycles. The average Bonchev–Trinajstić information content (AvgIpc) is 2.45. The van der Waals surface area contributed by atoms with Crippen LogP contribution in [0.2, 0.25) is 0 Å². The molecule has 2 aromatic carbocycles. The third kappa shape index (κ3) is 3.98. The van der Waals surface area contributed by atoms with Gasteiger partial charge in [-0.3, -0.25) is 0 Å². The van der Waals surface area contributed by atoms with Gasteiger partial charge in [0.25, 0.3) is 0 Å². The van der Waals surface area contributed by atoms with E-state index in [0.717, 1.165) is 17.7 Å². The van der Waals surface area contributed by atoms with E-state index in [9.17, 15) is 18.3 Å². The molecule has 0 bridgehead atoms. The molecule has 0 spiro atoms. The highest BCUT2D eigenvalue weighted by Gasteiger charge is 2.31. The van der Waals surface area contributed by atoms with Crippen molar-refractivity contribution in [2.75, 3.05) is 5.73 Å². The van der Waals surface area contributed by atoms with E-state index < -0.39 is 17.8 Å². The highest BCUT2D eigenvalue weighted by Crippen LogP contribution is 2.34. The Labute approximate surface area is 121 Å². The molecule has 2 rings (SSSR count). The standard InChI is InChI=1S/C16H16F3NO/c17-16(18,19)12-7-8-14(20)13(10-12)15(21)9-6-11-4-2-1-3-5-11/h1-5,7-8,10,15,21H,6,9,20H2. The lowest BCUT2D eigenvalue weighted by Crippen LogP contribution is -2.09. The van der Waals surface area contributed by atoms with Crippen LogP contribution in [0.5, 0.6) is 0 Å². The highest BCUT2D eigenvalue weighted by atomic mass is 19.4. The summed E-state index contributed by atoms with van der Waals surface area (Å²) in [5, 5.41) is 10.1. The normalized spacial score (nSPS) is 13.1. The van der Waals surface area contributed by atoms with Crippen LogP contribution in [0.1, 0.15) is 29.2 Å². The first-order chi connectivity index (χ1) is 9.88. The molecular formula is C16H16F3NO. The van der Waals surface area contributed by atoms with E-state index in [1.807, 2.05) is 30.3 Å². The van der Waals surface area contributed by atoms with E-state index in [4.69, 9.17) is 5.73 Å². The van der Waals surface area contributed by atoms with Crippen LogP contribution >= 0.6 is 0 Å². The minimum atomic E-state index is -4.44. The molecular weight excluding hydrogens is 279 g/mol. The molecule has 0 aliphatic carbocycles. The molecule has 2 nitrogen and oxygen atoms in total. The van der Waals surface area contributed by atoms with Gasteiger partial charge < -0.3 is 10.8 Å². The number of rotatable bonds is 4. The molecule has 2 aromatic rings. The number of anilines is 1. The van der Waals surface area contributed by atoms with Crippen molar-refractivity contribution < 1.29 is 18.3 Å². The number of benzene rings is 2. The van der Waals surface area contributed by atoms with Gasteiger partial charge in [0.2, 0.25) is 0 Å². The molecule has 0 saturated heterocycles. The molecule has 3 N–H and O–H groups in total. The van der Waals surface area contributed by atoms with Crippen LogP contribution in [0.15, 0.2) is 48.5 Å². The van der Waals surface area contributed by atoms with Gasteiger partial charge in [0, 0.05) is 11.3 Å². The quantitative estimate of drug-likeness (QED) is 0.839. The first-order valence-corrected chi connectivity index (χ1v) is 6.56. The largest absolute Gasteiger partial charge is 0.416 e. The predicted octanol–water partition coefficient (Wildman–Crippen LogP) is 3.95. The van der Waals surface area contributed by atoms with E-state index in [0.29, 0.717) is 12.8 Å². The second-order valence-corrected chi connectivity index (χ2v) is 4.88. The van der Waals surface area contributed by atoms with Gasteiger partial charge in [-0.1, -0.05) is 30.3 Å². The molecule has 112 valence electrons. The van der Waals surface area contributed by atoms with Gasteiger partial charge in [-0.05, 0) is 36.6 Å². The Balaban J connectivity index is 2.13. The molecule has 0 heterocycles. The fourth-order valence-corrected chi connectivity index (χ4v) is 2.14. The second-order valence-electron chi connectivity index (χ2n) is 4.88. The fourth-order valence-electron chi connectivity index (χ4n) is 2.14. The topological polar surface area (TPSA) is 46.2 Å². The Bertz CT molecular complexity index is 596. The summed E-state index contributed by atoms with van der Waals surface area (Å²) in [5.74, 6) is 0. The number of aryl methyl sites for hydroxylation is 1. The maximum atomic E-state index is 12.7. The van der Waals surface area contributed by atoms with Gasteiger partial charge in [-0.25, -0.2) is 0 Å². The third-order valence-corrected chi connectivity index (χ3v) is 3.32.